The molecule has 0 aliphatic carbocycles. The lowest BCUT2D eigenvalue weighted by Crippen LogP contribution is -2.22. The van der Waals surface area contributed by atoms with Crippen molar-refractivity contribution < 1.29 is 8.78 Å². The maximum absolute atomic E-state index is 13.8. The molecule has 0 spiro atoms. The van der Waals surface area contributed by atoms with Crippen LogP contribution >= 0.6 is 15.9 Å². The molecule has 2 rings (SSSR count). The summed E-state index contributed by atoms with van der Waals surface area (Å²) in [6.07, 6.45) is 0. The highest BCUT2D eigenvalue weighted by molar-refractivity contribution is 9.10. The molecular weight excluding hydrogens is 324 g/mol. The Morgan fingerprint density at radius 2 is 1.80 bits per heavy atom. The Balaban J connectivity index is 2.13. The third-order valence-corrected chi connectivity index (χ3v) is 4.04. The first-order valence-electron chi connectivity index (χ1n) is 6.37. The summed E-state index contributed by atoms with van der Waals surface area (Å²) in [5, 5.41) is 0. The van der Waals surface area contributed by atoms with Crippen LogP contribution in [0.4, 0.5) is 8.78 Å². The Morgan fingerprint density at radius 1 is 1.10 bits per heavy atom. The molecule has 0 radical (unpaired) electrons. The maximum Gasteiger partial charge on any atom is 0.137 e. The number of benzene rings is 2. The lowest BCUT2D eigenvalue weighted by atomic mass is 10.1. The van der Waals surface area contributed by atoms with Crippen molar-refractivity contribution in [1.29, 1.82) is 0 Å². The number of halogens is 3. The summed E-state index contributed by atoms with van der Waals surface area (Å²) in [7, 11) is 1.92. The van der Waals surface area contributed by atoms with Crippen molar-refractivity contribution in [2.24, 2.45) is 0 Å². The second-order valence-corrected chi connectivity index (χ2v) is 5.72. The molecule has 1 unspecified atom stereocenters. The van der Waals surface area contributed by atoms with Gasteiger partial charge in [0.05, 0.1) is 4.47 Å². The van der Waals surface area contributed by atoms with Gasteiger partial charge in [0.25, 0.3) is 0 Å². The quantitative estimate of drug-likeness (QED) is 0.764. The Morgan fingerprint density at radius 3 is 2.45 bits per heavy atom. The SMILES string of the molecule is CC(c1ccccc1F)N(C)Cc1ccc(F)c(Br)c1. The van der Waals surface area contributed by atoms with E-state index < -0.39 is 0 Å². The molecule has 1 nitrogen and oxygen atoms in total. The molecule has 0 heterocycles. The summed E-state index contributed by atoms with van der Waals surface area (Å²) in [6, 6.07) is 11.6. The van der Waals surface area contributed by atoms with Crippen molar-refractivity contribution in [2.75, 3.05) is 7.05 Å². The molecule has 1 atom stereocenters. The molecule has 20 heavy (non-hydrogen) atoms. The molecular formula is C16H16BrF2N. The van der Waals surface area contributed by atoms with Crippen molar-refractivity contribution in [1.82, 2.24) is 4.90 Å². The van der Waals surface area contributed by atoms with Crippen molar-refractivity contribution in [2.45, 2.75) is 19.5 Å². The number of rotatable bonds is 4. The van der Waals surface area contributed by atoms with E-state index >= 15 is 0 Å². The highest BCUT2D eigenvalue weighted by Crippen LogP contribution is 2.24. The molecule has 0 N–H and O–H groups in total. The average molecular weight is 340 g/mol. The Kier molecular flexibility index (Phi) is 4.89. The van der Waals surface area contributed by atoms with Gasteiger partial charge >= 0.3 is 0 Å². The van der Waals surface area contributed by atoms with Crippen LogP contribution in [0, 0.1) is 11.6 Å². The highest BCUT2D eigenvalue weighted by atomic mass is 79.9. The number of hydrogen-bond acceptors (Lipinski definition) is 1. The average Bonchev–Trinajstić information content (AvgIpc) is 2.42. The lowest BCUT2D eigenvalue weighted by Gasteiger charge is -2.25. The zero-order valence-corrected chi connectivity index (χ0v) is 13.0. The fraction of sp³-hybridized carbons (Fsp3) is 0.250. The van der Waals surface area contributed by atoms with Gasteiger partial charge in [0.15, 0.2) is 0 Å². The summed E-state index contributed by atoms with van der Waals surface area (Å²) < 4.78 is 27.4. The summed E-state index contributed by atoms with van der Waals surface area (Å²) in [5.41, 5.74) is 1.64. The first-order chi connectivity index (χ1) is 9.49. The minimum absolute atomic E-state index is 0.0555. The Labute approximate surface area is 126 Å². The third kappa shape index (κ3) is 3.44. The monoisotopic (exact) mass is 339 g/mol. The van der Waals surface area contributed by atoms with Crippen LogP contribution in [-0.4, -0.2) is 11.9 Å². The second-order valence-electron chi connectivity index (χ2n) is 4.86. The fourth-order valence-electron chi connectivity index (χ4n) is 2.11. The predicted octanol–water partition coefficient (Wildman–Crippen LogP) is 4.92. The fourth-order valence-corrected chi connectivity index (χ4v) is 2.54. The Hall–Kier alpha value is -1.26. The van der Waals surface area contributed by atoms with Gasteiger partial charge in [-0.05, 0) is 53.7 Å². The molecule has 4 heteroatoms. The van der Waals surface area contributed by atoms with Crippen LogP contribution < -0.4 is 0 Å². The first kappa shape index (κ1) is 15.1. The van der Waals surface area contributed by atoms with Gasteiger partial charge < -0.3 is 0 Å². The van der Waals surface area contributed by atoms with Crippen LogP contribution in [-0.2, 0) is 6.54 Å². The van der Waals surface area contributed by atoms with Gasteiger partial charge in [-0.15, -0.1) is 0 Å². The summed E-state index contributed by atoms with van der Waals surface area (Å²) in [4.78, 5) is 2.03. The van der Waals surface area contributed by atoms with Crippen LogP contribution in [0.2, 0.25) is 0 Å². The summed E-state index contributed by atoms with van der Waals surface area (Å²) in [5.74, 6) is -0.481. The van der Waals surface area contributed by atoms with Gasteiger partial charge in [-0.3, -0.25) is 4.90 Å². The van der Waals surface area contributed by atoms with Crippen LogP contribution in [0.15, 0.2) is 46.9 Å². The first-order valence-corrected chi connectivity index (χ1v) is 7.17. The molecule has 106 valence electrons. The van der Waals surface area contributed by atoms with Gasteiger partial charge in [0.1, 0.15) is 11.6 Å². The minimum Gasteiger partial charge on any atom is -0.295 e. The smallest absolute Gasteiger partial charge is 0.137 e. The summed E-state index contributed by atoms with van der Waals surface area (Å²) >= 11 is 3.18. The van der Waals surface area contributed by atoms with E-state index in [4.69, 9.17) is 0 Å². The minimum atomic E-state index is -0.279. The maximum atomic E-state index is 13.8. The Bertz CT molecular complexity index is 601. The van der Waals surface area contributed by atoms with Crippen LogP contribution in [0.1, 0.15) is 24.1 Å². The van der Waals surface area contributed by atoms with Gasteiger partial charge in [-0.2, -0.15) is 0 Å². The summed E-state index contributed by atoms with van der Waals surface area (Å²) in [6.45, 7) is 2.57. The van der Waals surface area contributed by atoms with E-state index in [0.717, 1.165) is 5.56 Å². The largest absolute Gasteiger partial charge is 0.295 e. The molecule has 2 aromatic rings. The van der Waals surface area contributed by atoms with Crippen molar-refractivity contribution in [3.63, 3.8) is 0 Å². The molecule has 0 aromatic heterocycles. The van der Waals surface area contributed by atoms with Gasteiger partial charge in [-0.1, -0.05) is 24.3 Å². The van der Waals surface area contributed by atoms with Crippen LogP contribution in [0.25, 0.3) is 0 Å². The van der Waals surface area contributed by atoms with Crippen molar-refractivity contribution >= 4 is 15.9 Å². The molecule has 0 amide bonds. The van der Waals surface area contributed by atoms with Gasteiger partial charge in [0, 0.05) is 18.2 Å². The van der Waals surface area contributed by atoms with E-state index in [-0.39, 0.29) is 17.7 Å². The van der Waals surface area contributed by atoms with E-state index in [1.165, 1.54) is 12.1 Å². The van der Waals surface area contributed by atoms with E-state index in [9.17, 15) is 8.78 Å². The molecule has 2 aromatic carbocycles. The van der Waals surface area contributed by atoms with E-state index in [1.54, 1.807) is 24.3 Å². The molecule has 0 saturated carbocycles. The molecule has 0 aliphatic rings. The van der Waals surface area contributed by atoms with E-state index in [1.807, 2.05) is 24.9 Å². The zero-order valence-electron chi connectivity index (χ0n) is 11.4. The predicted molar refractivity (Wildman–Crippen MR) is 80.4 cm³/mol. The second kappa shape index (κ2) is 6.46. The molecule has 0 saturated heterocycles. The lowest BCUT2D eigenvalue weighted by molar-refractivity contribution is 0.248. The topological polar surface area (TPSA) is 3.24 Å². The van der Waals surface area contributed by atoms with Gasteiger partial charge in [-0.25, -0.2) is 8.78 Å². The van der Waals surface area contributed by atoms with Crippen LogP contribution in [0.5, 0.6) is 0 Å². The third-order valence-electron chi connectivity index (χ3n) is 3.43. The standard InChI is InChI=1S/C16H16BrF2N/c1-11(13-5-3-4-6-15(13)18)20(2)10-12-7-8-16(19)14(17)9-12/h3-9,11H,10H2,1-2H3. The molecule has 0 fully saturated rings. The molecule has 0 bridgehead atoms. The number of nitrogens with zero attached hydrogens (tertiary/aromatic N) is 1. The van der Waals surface area contributed by atoms with E-state index in [2.05, 4.69) is 15.9 Å². The number of hydrogen-bond donors (Lipinski definition) is 0. The van der Waals surface area contributed by atoms with Crippen molar-refractivity contribution in [3.8, 4) is 0 Å². The van der Waals surface area contributed by atoms with E-state index in [0.29, 0.717) is 16.6 Å². The highest BCUT2D eigenvalue weighted by Gasteiger charge is 2.15. The zero-order chi connectivity index (χ0) is 14.7. The molecule has 0 aliphatic heterocycles. The van der Waals surface area contributed by atoms with Gasteiger partial charge in [0.2, 0.25) is 0 Å². The van der Waals surface area contributed by atoms with Crippen LogP contribution in [0.3, 0.4) is 0 Å². The normalized spacial score (nSPS) is 12.7. The van der Waals surface area contributed by atoms with Crippen molar-refractivity contribution in [3.05, 3.63) is 69.7 Å².